The molecular weight excluding hydrogens is 347 g/mol. The highest BCUT2D eigenvalue weighted by atomic mass is 32.5. The standard InChI is InChI=1S/C11H7F5N4O2S/c12-23(13,14,15,16)7-3-1-2-6(4-7)17-9-5-8-10(18-11(9)21)20-22-19-8/h1-5,17H,(H,18,20,21). The number of H-pyrrole nitrogens is 1. The van der Waals surface area contributed by atoms with Crippen molar-refractivity contribution >= 4 is 32.8 Å². The Kier molecular flexibility index (Phi) is 2.66. The highest BCUT2D eigenvalue weighted by Gasteiger charge is 2.65. The molecule has 12 heteroatoms. The second-order valence-corrected chi connectivity index (χ2v) is 7.04. The Morgan fingerprint density at radius 1 is 1.09 bits per heavy atom. The molecule has 2 N–H and O–H groups in total. The Hall–Kier alpha value is -2.63. The summed E-state index contributed by atoms with van der Waals surface area (Å²) < 4.78 is 68.3. The molecule has 124 valence electrons. The Morgan fingerprint density at radius 3 is 2.52 bits per heavy atom. The number of halogens is 5. The van der Waals surface area contributed by atoms with Crippen molar-refractivity contribution in [1.29, 1.82) is 0 Å². The number of fused-ring (bicyclic) bond motifs is 1. The van der Waals surface area contributed by atoms with Gasteiger partial charge < -0.3 is 10.3 Å². The predicted molar refractivity (Wildman–Crippen MR) is 73.5 cm³/mol. The lowest BCUT2D eigenvalue weighted by Crippen LogP contribution is -2.12. The van der Waals surface area contributed by atoms with Crippen LogP contribution >= 0.6 is 10.2 Å². The molecule has 0 amide bonds. The van der Waals surface area contributed by atoms with Gasteiger partial charge in [0.2, 0.25) is 5.65 Å². The first-order valence-corrected chi connectivity index (χ1v) is 7.84. The van der Waals surface area contributed by atoms with E-state index >= 15 is 0 Å². The second kappa shape index (κ2) is 4.01. The van der Waals surface area contributed by atoms with Crippen molar-refractivity contribution in [2.75, 3.05) is 5.32 Å². The maximum Gasteiger partial charge on any atom is 0.310 e. The molecule has 0 unspecified atom stereocenters. The number of hydrogen-bond acceptors (Lipinski definition) is 5. The number of nitrogens with zero attached hydrogens (tertiary/aromatic N) is 2. The Balaban J connectivity index is 2.03. The van der Waals surface area contributed by atoms with E-state index in [0.717, 1.165) is 18.2 Å². The SMILES string of the molecule is O=c1[nH]c2nonc2cc1Nc1cccc(S(F)(F)(F)(F)F)c1. The first kappa shape index (κ1) is 15.3. The molecule has 2 aromatic heterocycles. The molecule has 0 bridgehead atoms. The van der Waals surface area contributed by atoms with E-state index in [1.807, 2.05) is 0 Å². The molecule has 0 radical (unpaired) electrons. The van der Waals surface area contributed by atoms with Gasteiger partial charge in [-0.25, -0.2) is 4.63 Å². The van der Waals surface area contributed by atoms with Gasteiger partial charge in [-0.3, -0.25) is 4.79 Å². The van der Waals surface area contributed by atoms with Gasteiger partial charge in [0.05, 0.1) is 0 Å². The summed E-state index contributed by atoms with van der Waals surface area (Å²) in [5.41, 5.74) is -1.09. The van der Waals surface area contributed by atoms with E-state index in [2.05, 4.69) is 25.2 Å². The molecule has 0 saturated heterocycles. The van der Waals surface area contributed by atoms with Crippen LogP contribution < -0.4 is 10.9 Å². The molecule has 1 aromatic carbocycles. The van der Waals surface area contributed by atoms with Gasteiger partial charge in [0.25, 0.3) is 5.56 Å². The Labute approximate surface area is 124 Å². The summed E-state index contributed by atoms with van der Waals surface area (Å²) in [6.45, 7) is 0. The molecule has 23 heavy (non-hydrogen) atoms. The van der Waals surface area contributed by atoms with E-state index in [1.165, 1.54) is 0 Å². The zero-order chi connectivity index (χ0) is 16.9. The third-order valence-corrected chi connectivity index (χ3v) is 3.97. The van der Waals surface area contributed by atoms with E-state index in [9.17, 15) is 24.2 Å². The lowest BCUT2D eigenvalue weighted by Gasteiger charge is -2.40. The average Bonchev–Trinajstić information content (AvgIpc) is 2.84. The van der Waals surface area contributed by atoms with Crippen LogP contribution in [-0.4, -0.2) is 15.3 Å². The van der Waals surface area contributed by atoms with Crippen molar-refractivity contribution in [1.82, 2.24) is 15.3 Å². The minimum Gasteiger partial charge on any atom is -0.351 e. The topological polar surface area (TPSA) is 83.8 Å². The fourth-order valence-corrected chi connectivity index (χ4v) is 2.50. The predicted octanol–water partition coefficient (Wildman–Crippen LogP) is 4.31. The Morgan fingerprint density at radius 2 is 1.83 bits per heavy atom. The summed E-state index contributed by atoms with van der Waals surface area (Å²) in [7, 11) is -9.80. The molecule has 0 aliphatic carbocycles. The van der Waals surface area contributed by atoms with Crippen molar-refractivity contribution in [3.8, 4) is 0 Å². The van der Waals surface area contributed by atoms with E-state index in [1.54, 1.807) is 0 Å². The van der Waals surface area contributed by atoms with Crippen LogP contribution in [0.5, 0.6) is 0 Å². The lowest BCUT2D eigenvalue weighted by molar-refractivity contribution is 0.314. The van der Waals surface area contributed by atoms with Crippen LogP contribution in [0.2, 0.25) is 0 Å². The third kappa shape index (κ3) is 3.11. The molecule has 0 saturated carbocycles. The van der Waals surface area contributed by atoms with E-state index in [0.29, 0.717) is 0 Å². The summed E-state index contributed by atoms with van der Waals surface area (Å²) in [6.07, 6.45) is 0. The Bertz CT molecular complexity index is 966. The molecule has 2 heterocycles. The number of pyridine rings is 1. The highest BCUT2D eigenvalue weighted by molar-refractivity contribution is 8.45. The molecule has 0 atom stereocenters. The van der Waals surface area contributed by atoms with Gasteiger partial charge in [-0.15, -0.1) is 0 Å². The first-order valence-electron chi connectivity index (χ1n) is 5.89. The van der Waals surface area contributed by atoms with E-state index in [-0.39, 0.29) is 34.7 Å². The fraction of sp³-hybridized carbons (Fsp3) is 0. The first-order chi connectivity index (χ1) is 10.4. The largest absolute Gasteiger partial charge is 0.351 e. The average molecular weight is 354 g/mol. The van der Waals surface area contributed by atoms with E-state index in [4.69, 9.17) is 0 Å². The molecule has 0 aliphatic rings. The summed E-state index contributed by atoms with van der Waals surface area (Å²) in [5.74, 6) is 0. The van der Waals surface area contributed by atoms with Crippen LogP contribution in [-0.2, 0) is 0 Å². The van der Waals surface area contributed by atoms with Crippen LogP contribution in [0.4, 0.5) is 30.8 Å². The van der Waals surface area contributed by atoms with Crippen LogP contribution in [0.15, 0.2) is 44.7 Å². The third-order valence-electron chi connectivity index (χ3n) is 2.83. The quantitative estimate of drug-likeness (QED) is 0.685. The zero-order valence-corrected chi connectivity index (χ0v) is 11.7. The van der Waals surface area contributed by atoms with Crippen LogP contribution in [0, 0.1) is 0 Å². The van der Waals surface area contributed by atoms with Crippen molar-refractivity contribution in [2.45, 2.75) is 4.90 Å². The van der Waals surface area contributed by atoms with E-state index < -0.39 is 20.7 Å². The molecule has 3 aromatic rings. The van der Waals surface area contributed by atoms with Crippen molar-refractivity contribution in [2.24, 2.45) is 0 Å². The minimum absolute atomic E-state index is 0.0429. The maximum atomic E-state index is 12.8. The summed E-state index contributed by atoms with van der Waals surface area (Å²) in [4.78, 5) is 12.0. The number of rotatable bonds is 3. The van der Waals surface area contributed by atoms with Crippen molar-refractivity contribution < 1.29 is 24.1 Å². The number of nitrogens with one attached hydrogen (secondary N) is 2. The molecule has 0 fully saturated rings. The number of aromatic nitrogens is 3. The van der Waals surface area contributed by atoms with Gasteiger partial charge in [0, 0.05) is 11.8 Å². The van der Waals surface area contributed by atoms with Gasteiger partial charge >= 0.3 is 10.2 Å². The van der Waals surface area contributed by atoms with Gasteiger partial charge in [-0.1, -0.05) is 25.5 Å². The number of aromatic amines is 1. The molecule has 6 nitrogen and oxygen atoms in total. The summed E-state index contributed by atoms with van der Waals surface area (Å²) in [6, 6.07) is 3.57. The molecule has 0 spiro atoms. The monoisotopic (exact) mass is 354 g/mol. The van der Waals surface area contributed by atoms with Crippen molar-refractivity contribution in [3.05, 3.63) is 40.7 Å². The molecular formula is C11H7F5N4O2S. The van der Waals surface area contributed by atoms with Gasteiger partial charge in [-0.05, 0) is 28.5 Å². The number of anilines is 2. The van der Waals surface area contributed by atoms with Gasteiger partial charge in [0.1, 0.15) is 10.6 Å². The van der Waals surface area contributed by atoms with Gasteiger partial charge in [-0.2, -0.15) is 0 Å². The molecule has 0 aliphatic heterocycles. The number of hydrogen-bond donors (Lipinski definition) is 2. The summed E-state index contributed by atoms with van der Waals surface area (Å²) in [5, 5.41) is 9.16. The smallest absolute Gasteiger partial charge is 0.310 e. The minimum atomic E-state index is -9.80. The van der Waals surface area contributed by atoms with Crippen LogP contribution in [0.1, 0.15) is 0 Å². The van der Waals surface area contributed by atoms with Crippen LogP contribution in [0.25, 0.3) is 11.2 Å². The zero-order valence-electron chi connectivity index (χ0n) is 10.9. The molecule has 3 rings (SSSR count). The summed E-state index contributed by atoms with van der Waals surface area (Å²) >= 11 is 0. The maximum absolute atomic E-state index is 12.8. The lowest BCUT2D eigenvalue weighted by atomic mass is 10.3. The highest BCUT2D eigenvalue weighted by Crippen LogP contribution is 3.02. The van der Waals surface area contributed by atoms with Crippen molar-refractivity contribution in [3.63, 3.8) is 0 Å². The van der Waals surface area contributed by atoms with Gasteiger partial charge in [0.15, 0.2) is 5.52 Å². The van der Waals surface area contributed by atoms with Crippen LogP contribution in [0.3, 0.4) is 0 Å². The number of benzene rings is 1. The fourth-order valence-electron chi connectivity index (χ4n) is 1.82. The second-order valence-electron chi connectivity index (χ2n) is 4.63. The normalized spacial score (nSPS) is 15.2.